The minimum absolute atomic E-state index is 0.0656. The summed E-state index contributed by atoms with van der Waals surface area (Å²) in [6.45, 7) is 4.00. The standard InChI is InChI=1S/C22H26N2O3S/c1-15-7-9-19(10-8-15)23(3)28(26,27)20-11-12-21-18(14-20)13-16(2)24(21)22(25)17-5-4-6-17/h7-12,14,16-17H,4-6,13H2,1-3H3/t16-/m0/s1. The van der Waals surface area contributed by atoms with Crippen LogP contribution in [0.25, 0.3) is 0 Å². The largest absolute Gasteiger partial charge is 0.309 e. The molecule has 0 saturated heterocycles. The predicted octanol–water partition coefficient (Wildman–Crippen LogP) is 3.90. The first-order chi connectivity index (χ1) is 13.3. The molecule has 0 radical (unpaired) electrons. The Morgan fingerprint density at radius 1 is 1.11 bits per heavy atom. The van der Waals surface area contributed by atoms with E-state index in [1.54, 1.807) is 37.4 Å². The second-order valence-corrected chi connectivity index (χ2v) is 9.96. The van der Waals surface area contributed by atoms with E-state index in [0.717, 1.165) is 36.1 Å². The third-order valence-electron chi connectivity index (χ3n) is 6.01. The molecule has 0 N–H and O–H groups in total. The average Bonchev–Trinajstić information content (AvgIpc) is 2.95. The number of hydrogen-bond donors (Lipinski definition) is 0. The zero-order valence-electron chi connectivity index (χ0n) is 16.6. The summed E-state index contributed by atoms with van der Waals surface area (Å²) in [5.41, 5.74) is 3.50. The SMILES string of the molecule is Cc1ccc(N(C)S(=O)(=O)c2ccc3c(c2)C[C@H](C)N3C(=O)C2CCC2)cc1. The van der Waals surface area contributed by atoms with E-state index in [1.807, 2.05) is 30.9 Å². The Labute approximate surface area is 167 Å². The van der Waals surface area contributed by atoms with Crippen molar-refractivity contribution in [2.24, 2.45) is 5.92 Å². The van der Waals surface area contributed by atoms with Gasteiger partial charge in [0.1, 0.15) is 0 Å². The quantitative estimate of drug-likeness (QED) is 0.785. The highest BCUT2D eigenvalue weighted by atomic mass is 32.2. The molecule has 28 heavy (non-hydrogen) atoms. The molecule has 2 aromatic carbocycles. The van der Waals surface area contributed by atoms with Gasteiger partial charge in [-0.05, 0) is 69.0 Å². The van der Waals surface area contributed by atoms with E-state index < -0.39 is 10.0 Å². The Kier molecular flexibility index (Phi) is 4.70. The van der Waals surface area contributed by atoms with Crippen molar-refractivity contribution < 1.29 is 13.2 Å². The van der Waals surface area contributed by atoms with Gasteiger partial charge in [0.15, 0.2) is 0 Å². The molecule has 1 heterocycles. The first-order valence-electron chi connectivity index (χ1n) is 9.80. The minimum atomic E-state index is -3.66. The van der Waals surface area contributed by atoms with Crippen LogP contribution in [-0.2, 0) is 21.2 Å². The van der Waals surface area contributed by atoms with Crippen molar-refractivity contribution in [1.82, 2.24) is 0 Å². The number of hydrogen-bond acceptors (Lipinski definition) is 3. The lowest BCUT2D eigenvalue weighted by Gasteiger charge is -2.32. The lowest BCUT2D eigenvalue weighted by atomic mass is 9.84. The third-order valence-corrected chi connectivity index (χ3v) is 7.80. The highest BCUT2D eigenvalue weighted by Gasteiger charge is 2.37. The van der Waals surface area contributed by atoms with E-state index in [2.05, 4.69) is 0 Å². The van der Waals surface area contributed by atoms with Crippen LogP contribution in [0.1, 0.15) is 37.3 Å². The summed E-state index contributed by atoms with van der Waals surface area (Å²) >= 11 is 0. The van der Waals surface area contributed by atoms with Gasteiger partial charge in [0.25, 0.3) is 10.0 Å². The van der Waals surface area contributed by atoms with Crippen molar-refractivity contribution in [3.63, 3.8) is 0 Å². The van der Waals surface area contributed by atoms with Crippen molar-refractivity contribution in [1.29, 1.82) is 0 Å². The molecule has 2 aliphatic rings. The smallest absolute Gasteiger partial charge is 0.264 e. The van der Waals surface area contributed by atoms with E-state index in [-0.39, 0.29) is 22.8 Å². The zero-order chi connectivity index (χ0) is 20.1. The number of nitrogens with zero attached hydrogens (tertiary/aromatic N) is 2. The Balaban J connectivity index is 1.64. The van der Waals surface area contributed by atoms with Crippen LogP contribution in [0.15, 0.2) is 47.4 Å². The molecule has 2 aromatic rings. The zero-order valence-corrected chi connectivity index (χ0v) is 17.4. The number of carbonyl (C=O) groups excluding carboxylic acids is 1. The molecule has 1 amide bonds. The van der Waals surface area contributed by atoms with Crippen LogP contribution < -0.4 is 9.21 Å². The number of carbonyl (C=O) groups is 1. The van der Waals surface area contributed by atoms with E-state index >= 15 is 0 Å². The summed E-state index contributed by atoms with van der Waals surface area (Å²) in [6.07, 6.45) is 3.73. The average molecular weight is 399 g/mol. The summed E-state index contributed by atoms with van der Waals surface area (Å²) in [7, 11) is -2.09. The number of amides is 1. The van der Waals surface area contributed by atoms with Crippen molar-refractivity contribution in [2.75, 3.05) is 16.3 Å². The molecule has 0 spiro atoms. The summed E-state index contributed by atoms with van der Waals surface area (Å²) < 4.78 is 27.6. The van der Waals surface area contributed by atoms with Gasteiger partial charge in [-0.1, -0.05) is 24.1 Å². The Morgan fingerprint density at radius 3 is 2.39 bits per heavy atom. The summed E-state index contributed by atoms with van der Waals surface area (Å²) in [6, 6.07) is 12.6. The maximum Gasteiger partial charge on any atom is 0.264 e. The predicted molar refractivity (Wildman–Crippen MR) is 111 cm³/mol. The maximum atomic E-state index is 13.1. The molecule has 0 unspecified atom stereocenters. The van der Waals surface area contributed by atoms with Gasteiger partial charge in [-0.2, -0.15) is 0 Å². The van der Waals surface area contributed by atoms with Crippen LogP contribution in [0, 0.1) is 12.8 Å². The molecule has 4 rings (SSSR count). The number of anilines is 2. The normalized spacial score (nSPS) is 19.2. The second-order valence-electron chi connectivity index (χ2n) is 7.99. The van der Waals surface area contributed by atoms with Gasteiger partial charge in [0, 0.05) is 24.7 Å². The van der Waals surface area contributed by atoms with Gasteiger partial charge in [0.05, 0.1) is 10.6 Å². The molecule has 1 saturated carbocycles. The highest BCUT2D eigenvalue weighted by Crippen LogP contribution is 2.38. The van der Waals surface area contributed by atoms with Gasteiger partial charge in [-0.25, -0.2) is 8.42 Å². The number of rotatable bonds is 4. The molecule has 0 aromatic heterocycles. The lowest BCUT2D eigenvalue weighted by Crippen LogP contribution is -2.42. The Bertz CT molecular complexity index is 1010. The topological polar surface area (TPSA) is 57.7 Å². The van der Waals surface area contributed by atoms with Gasteiger partial charge in [-0.15, -0.1) is 0 Å². The van der Waals surface area contributed by atoms with E-state index in [9.17, 15) is 13.2 Å². The fraction of sp³-hybridized carbons (Fsp3) is 0.409. The van der Waals surface area contributed by atoms with Crippen molar-refractivity contribution in [3.8, 4) is 0 Å². The third kappa shape index (κ3) is 3.09. The molecular weight excluding hydrogens is 372 g/mol. The number of fused-ring (bicyclic) bond motifs is 1. The Hall–Kier alpha value is -2.34. The molecule has 1 aliphatic carbocycles. The van der Waals surface area contributed by atoms with Crippen LogP contribution in [0.2, 0.25) is 0 Å². The van der Waals surface area contributed by atoms with E-state index in [4.69, 9.17) is 0 Å². The fourth-order valence-electron chi connectivity index (χ4n) is 4.01. The van der Waals surface area contributed by atoms with Crippen molar-refractivity contribution in [3.05, 3.63) is 53.6 Å². The maximum absolute atomic E-state index is 13.1. The fourth-order valence-corrected chi connectivity index (χ4v) is 5.25. The Morgan fingerprint density at radius 2 is 1.79 bits per heavy atom. The number of aryl methyl sites for hydroxylation is 1. The molecule has 1 fully saturated rings. The van der Waals surface area contributed by atoms with Gasteiger partial charge >= 0.3 is 0 Å². The van der Waals surface area contributed by atoms with Gasteiger partial charge in [0.2, 0.25) is 5.91 Å². The molecule has 0 bridgehead atoms. The molecule has 148 valence electrons. The summed E-state index contributed by atoms with van der Waals surface area (Å²) in [4.78, 5) is 14.9. The van der Waals surface area contributed by atoms with Gasteiger partial charge < -0.3 is 4.90 Å². The number of benzene rings is 2. The first kappa shape index (κ1) is 19.0. The van der Waals surface area contributed by atoms with Crippen LogP contribution in [0.5, 0.6) is 0 Å². The molecule has 6 heteroatoms. The second kappa shape index (κ2) is 6.92. The summed E-state index contributed by atoms with van der Waals surface area (Å²) in [5, 5.41) is 0. The van der Waals surface area contributed by atoms with Crippen LogP contribution >= 0.6 is 0 Å². The molecule has 5 nitrogen and oxygen atoms in total. The number of sulfonamides is 1. The van der Waals surface area contributed by atoms with Crippen molar-refractivity contribution in [2.45, 2.75) is 50.5 Å². The van der Waals surface area contributed by atoms with Crippen LogP contribution in [0.3, 0.4) is 0 Å². The minimum Gasteiger partial charge on any atom is -0.309 e. The first-order valence-corrected chi connectivity index (χ1v) is 11.2. The van der Waals surface area contributed by atoms with E-state index in [0.29, 0.717) is 12.1 Å². The van der Waals surface area contributed by atoms with E-state index in [1.165, 1.54) is 4.31 Å². The lowest BCUT2D eigenvalue weighted by molar-refractivity contribution is -0.125. The molecule has 1 aliphatic heterocycles. The van der Waals surface area contributed by atoms with Crippen LogP contribution in [0.4, 0.5) is 11.4 Å². The summed E-state index contributed by atoms with van der Waals surface area (Å²) in [5.74, 6) is 0.314. The van der Waals surface area contributed by atoms with Crippen molar-refractivity contribution >= 4 is 27.3 Å². The van der Waals surface area contributed by atoms with Crippen LogP contribution in [-0.4, -0.2) is 27.4 Å². The molecule has 1 atom stereocenters. The highest BCUT2D eigenvalue weighted by molar-refractivity contribution is 7.92. The van der Waals surface area contributed by atoms with Gasteiger partial charge in [-0.3, -0.25) is 9.10 Å². The molecular formula is C22H26N2O3S. The monoisotopic (exact) mass is 398 g/mol.